The van der Waals surface area contributed by atoms with Crippen molar-refractivity contribution < 1.29 is 9.18 Å². The van der Waals surface area contributed by atoms with Crippen molar-refractivity contribution in [3.8, 4) is 0 Å². The van der Waals surface area contributed by atoms with Crippen LogP contribution in [0.5, 0.6) is 0 Å². The first-order chi connectivity index (χ1) is 10.0. The first-order valence-corrected chi connectivity index (χ1v) is 7.38. The average molecular weight is 308 g/mol. The van der Waals surface area contributed by atoms with Crippen molar-refractivity contribution in [2.75, 3.05) is 29.5 Å². The Morgan fingerprint density at radius 1 is 1.43 bits per heavy atom. The molecule has 0 atom stereocenters. The second-order valence-electron chi connectivity index (χ2n) is 4.50. The lowest BCUT2D eigenvalue weighted by Gasteiger charge is -2.16. The van der Waals surface area contributed by atoms with Crippen LogP contribution in [0, 0.1) is 5.82 Å². The van der Waals surface area contributed by atoms with Gasteiger partial charge in [0.15, 0.2) is 5.13 Å². The molecular weight excluding hydrogens is 291 g/mol. The summed E-state index contributed by atoms with van der Waals surface area (Å²) >= 11 is 1.22. The Morgan fingerprint density at radius 3 is 2.71 bits per heavy atom. The predicted octanol–water partition coefficient (Wildman–Crippen LogP) is 2.96. The van der Waals surface area contributed by atoms with Crippen molar-refractivity contribution in [2.45, 2.75) is 13.3 Å². The summed E-state index contributed by atoms with van der Waals surface area (Å²) in [6.45, 7) is 2.81. The molecule has 0 aliphatic carbocycles. The zero-order valence-corrected chi connectivity index (χ0v) is 12.7. The Morgan fingerprint density at radius 2 is 2.10 bits per heavy atom. The molecule has 0 saturated carbocycles. The second-order valence-corrected chi connectivity index (χ2v) is 5.50. The molecule has 2 aromatic rings. The van der Waals surface area contributed by atoms with Gasteiger partial charge in [0.05, 0.1) is 0 Å². The number of rotatable bonds is 5. The summed E-state index contributed by atoms with van der Waals surface area (Å²) in [5.74, 6) is -0.401. The van der Waals surface area contributed by atoms with Crippen LogP contribution < -0.4 is 16.0 Å². The quantitative estimate of drug-likeness (QED) is 0.891. The molecule has 5 nitrogen and oxygen atoms in total. The van der Waals surface area contributed by atoms with Crippen LogP contribution in [0.4, 0.5) is 21.0 Å². The van der Waals surface area contributed by atoms with Gasteiger partial charge in [0.25, 0.3) is 5.91 Å². The first-order valence-electron chi connectivity index (χ1n) is 6.56. The highest BCUT2D eigenvalue weighted by Crippen LogP contribution is 2.27. The van der Waals surface area contributed by atoms with E-state index in [2.05, 4.69) is 10.3 Å². The van der Waals surface area contributed by atoms with Crippen LogP contribution in [0.3, 0.4) is 0 Å². The summed E-state index contributed by atoms with van der Waals surface area (Å²) < 4.78 is 12.9. The van der Waals surface area contributed by atoms with E-state index >= 15 is 0 Å². The molecule has 0 bridgehead atoms. The van der Waals surface area contributed by atoms with Crippen LogP contribution in [0.2, 0.25) is 0 Å². The normalized spacial score (nSPS) is 10.4. The molecule has 0 fully saturated rings. The molecular formula is C14H17FN4OS. The molecule has 3 N–H and O–H groups in total. The highest BCUT2D eigenvalue weighted by Gasteiger charge is 2.20. The number of carbonyl (C=O) groups excluding carboxylic acids is 1. The summed E-state index contributed by atoms with van der Waals surface area (Å²) in [5.41, 5.74) is 6.40. The molecule has 0 aliphatic rings. The largest absolute Gasteiger partial charge is 0.382 e. The molecule has 1 amide bonds. The summed E-state index contributed by atoms with van der Waals surface area (Å²) in [6, 6.07) is 5.70. The number of hydrogen-bond donors (Lipinski definition) is 2. The van der Waals surface area contributed by atoms with Crippen molar-refractivity contribution >= 4 is 33.9 Å². The van der Waals surface area contributed by atoms with Gasteiger partial charge in [0.1, 0.15) is 16.5 Å². The fourth-order valence-corrected chi connectivity index (χ4v) is 2.61. The minimum atomic E-state index is -0.344. The third kappa shape index (κ3) is 3.49. The van der Waals surface area contributed by atoms with Crippen LogP contribution in [0.1, 0.15) is 23.0 Å². The molecule has 1 heterocycles. The van der Waals surface area contributed by atoms with Crippen molar-refractivity contribution in [3.63, 3.8) is 0 Å². The van der Waals surface area contributed by atoms with Crippen molar-refractivity contribution in [1.29, 1.82) is 0 Å². The molecule has 1 aromatic heterocycles. The van der Waals surface area contributed by atoms with Gasteiger partial charge in [-0.3, -0.25) is 4.79 Å². The van der Waals surface area contributed by atoms with E-state index in [0.717, 1.165) is 13.0 Å². The van der Waals surface area contributed by atoms with Gasteiger partial charge >= 0.3 is 0 Å². The van der Waals surface area contributed by atoms with Gasteiger partial charge in [-0.2, -0.15) is 0 Å². The number of nitrogens with zero attached hydrogens (tertiary/aromatic N) is 2. The standard InChI is InChI=1S/C14H17FN4OS/c1-3-8-17-14-18-12(16)11(21-14)13(20)19(2)10-6-4-9(15)5-7-10/h4-7H,3,8,16H2,1-2H3,(H,17,18). The van der Waals surface area contributed by atoms with Crippen LogP contribution in [-0.2, 0) is 0 Å². The Kier molecular flexibility index (Phi) is 4.74. The first kappa shape index (κ1) is 15.2. The third-order valence-corrected chi connectivity index (χ3v) is 3.91. The maximum Gasteiger partial charge on any atom is 0.272 e. The highest BCUT2D eigenvalue weighted by molar-refractivity contribution is 7.18. The Balaban J connectivity index is 2.19. The van der Waals surface area contributed by atoms with E-state index in [1.807, 2.05) is 6.92 Å². The van der Waals surface area contributed by atoms with E-state index < -0.39 is 0 Å². The van der Waals surface area contributed by atoms with E-state index in [4.69, 9.17) is 5.73 Å². The molecule has 21 heavy (non-hydrogen) atoms. The number of anilines is 3. The second kappa shape index (κ2) is 6.53. The highest BCUT2D eigenvalue weighted by atomic mass is 32.1. The molecule has 0 spiro atoms. The van der Waals surface area contributed by atoms with Crippen molar-refractivity contribution in [2.24, 2.45) is 0 Å². The lowest BCUT2D eigenvalue weighted by Crippen LogP contribution is -2.26. The summed E-state index contributed by atoms with van der Waals surface area (Å²) in [5, 5.41) is 3.73. The summed E-state index contributed by atoms with van der Waals surface area (Å²) in [6.07, 6.45) is 0.957. The van der Waals surface area contributed by atoms with Gasteiger partial charge in [-0.15, -0.1) is 0 Å². The number of halogens is 1. The third-order valence-electron chi connectivity index (χ3n) is 2.89. The number of nitrogens with one attached hydrogen (secondary N) is 1. The summed E-state index contributed by atoms with van der Waals surface area (Å²) in [7, 11) is 1.62. The lowest BCUT2D eigenvalue weighted by molar-refractivity contribution is 0.0997. The fourth-order valence-electron chi connectivity index (χ4n) is 1.73. The van der Waals surface area contributed by atoms with E-state index in [9.17, 15) is 9.18 Å². The fraction of sp³-hybridized carbons (Fsp3) is 0.286. The summed E-state index contributed by atoms with van der Waals surface area (Å²) in [4.78, 5) is 18.4. The molecule has 0 unspecified atom stereocenters. The Labute approximate surface area is 126 Å². The molecule has 2 rings (SSSR count). The molecule has 0 radical (unpaired) electrons. The lowest BCUT2D eigenvalue weighted by atomic mass is 10.3. The predicted molar refractivity (Wildman–Crippen MR) is 84.4 cm³/mol. The number of hydrogen-bond acceptors (Lipinski definition) is 5. The van der Waals surface area contributed by atoms with E-state index in [1.54, 1.807) is 19.2 Å². The molecule has 0 aliphatic heterocycles. The van der Waals surface area contributed by atoms with Gasteiger partial charge in [-0.25, -0.2) is 9.37 Å². The number of amides is 1. The van der Waals surface area contributed by atoms with Gasteiger partial charge in [0, 0.05) is 19.3 Å². The molecule has 112 valence electrons. The molecule has 0 saturated heterocycles. The van der Waals surface area contributed by atoms with Crippen LogP contribution in [0.15, 0.2) is 24.3 Å². The Bertz CT molecular complexity index is 626. The zero-order valence-electron chi connectivity index (χ0n) is 11.9. The van der Waals surface area contributed by atoms with Gasteiger partial charge < -0.3 is 16.0 Å². The topological polar surface area (TPSA) is 71.2 Å². The van der Waals surface area contributed by atoms with Gasteiger partial charge in [0.2, 0.25) is 0 Å². The number of nitrogens with two attached hydrogens (primary N) is 1. The maximum atomic E-state index is 12.9. The van der Waals surface area contributed by atoms with Crippen LogP contribution in [-0.4, -0.2) is 24.5 Å². The monoisotopic (exact) mass is 308 g/mol. The van der Waals surface area contributed by atoms with E-state index in [-0.39, 0.29) is 17.5 Å². The van der Waals surface area contributed by atoms with E-state index in [1.165, 1.54) is 28.4 Å². The Hall–Kier alpha value is -2.15. The number of aromatic nitrogens is 1. The smallest absolute Gasteiger partial charge is 0.272 e. The SMILES string of the molecule is CCCNc1nc(N)c(C(=O)N(C)c2ccc(F)cc2)s1. The van der Waals surface area contributed by atoms with Crippen LogP contribution in [0.25, 0.3) is 0 Å². The zero-order chi connectivity index (χ0) is 15.4. The number of nitrogen functional groups attached to an aromatic ring is 1. The van der Waals surface area contributed by atoms with Gasteiger partial charge in [-0.05, 0) is 30.7 Å². The van der Waals surface area contributed by atoms with Gasteiger partial charge in [-0.1, -0.05) is 18.3 Å². The molecule has 1 aromatic carbocycles. The number of carbonyl (C=O) groups is 1. The molecule has 7 heteroatoms. The van der Waals surface area contributed by atoms with Crippen molar-refractivity contribution in [3.05, 3.63) is 35.0 Å². The van der Waals surface area contributed by atoms with Crippen LogP contribution >= 0.6 is 11.3 Å². The van der Waals surface area contributed by atoms with E-state index in [0.29, 0.717) is 15.7 Å². The minimum absolute atomic E-state index is 0.206. The maximum absolute atomic E-state index is 12.9. The number of benzene rings is 1. The number of thiazole rings is 1. The minimum Gasteiger partial charge on any atom is -0.382 e. The van der Waals surface area contributed by atoms with Crippen molar-refractivity contribution in [1.82, 2.24) is 4.98 Å². The average Bonchev–Trinajstić information content (AvgIpc) is 2.85.